The summed E-state index contributed by atoms with van der Waals surface area (Å²) in [6.45, 7) is 0.978. The lowest BCUT2D eigenvalue weighted by atomic mass is 10.1. The number of fused-ring (bicyclic) bond motifs is 1. The van der Waals surface area contributed by atoms with Crippen LogP contribution >= 0.6 is 11.6 Å². The summed E-state index contributed by atoms with van der Waals surface area (Å²) >= 11 is 6.18. The first-order valence-electron chi connectivity index (χ1n) is 8.26. The maximum atomic E-state index is 12.0. The van der Waals surface area contributed by atoms with Gasteiger partial charge in [-0.05, 0) is 29.8 Å². The molecule has 2 aromatic rings. The normalized spacial score (nSPS) is 12.7. The van der Waals surface area contributed by atoms with E-state index in [9.17, 15) is 4.79 Å². The van der Waals surface area contributed by atoms with Crippen LogP contribution in [0.2, 0.25) is 5.02 Å². The van der Waals surface area contributed by atoms with Gasteiger partial charge in [-0.1, -0.05) is 23.7 Å². The molecule has 0 atom stereocenters. The first-order valence-corrected chi connectivity index (χ1v) is 8.64. The Labute approximate surface area is 162 Å². The van der Waals surface area contributed by atoms with E-state index in [1.165, 1.54) is 6.08 Å². The van der Waals surface area contributed by atoms with E-state index < -0.39 is 5.97 Å². The molecule has 0 spiro atoms. The van der Waals surface area contributed by atoms with Crippen LogP contribution in [0.3, 0.4) is 0 Å². The van der Waals surface area contributed by atoms with Crippen LogP contribution in [-0.2, 0) is 16.1 Å². The standard InChI is InChI=1S/C20H19ClO6/c1-23-16-5-3-4-14(19(16)24-2)6-7-18(22)27-12-13-10-15(21)20-17(11-13)25-8-9-26-20/h3-7,10-11H,8-9,12H2,1-2H3/b7-6+. The van der Waals surface area contributed by atoms with Crippen molar-refractivity contribution in [2.45, 2.75) is 6.61 Å². The predicted octanol–water partition coefficient (Wildman–Crippen LogP) is 3.89. The van der Waals surface area contributed by atoms with E-state index in [1.54, 1.807) is 38.5 Å². The molecule has 0 aromatic heterocycles. The summed E-state index contributed by atoms with van der Waals surface area (Å²) in [5.74, 6) is 1.70. The smallest absolute Gasteiger partial charge is 0.331 e. The van der Waals surface area contributed by atoms with Crippen LogP contribution in [0, 0.1) is 0 Å². The molecule has 142 valence electrons. The zero-order chi connectivity index (χ0) is 19.2. The van der Waals surface area contributed by atoms with Gasteiger partial charge in [0.2, 0.25) is 0 Å². The van der Waals surface area contributed by atoms with Gasteiger partial charge in [0.15, 0.2) is 23.0 Å². The third kappa shape index (κ3) is 4.46. The second-order valence-corrected chi connectivity index (χ2v) is 6.03. The molecule has 2 aromatic carbocycles. The molecule has 0 saturated carbocycles. The Morgan fingerprint density at radius 2 is 2.00 bits per heavy atom. The predicted molar refractivity (Wildman–Crippen MR) is 101 cm³/mol. The van der Waals surface area contributed by atoms with Crippen molar-refractivity contribution < 1.29 is 28.5 Å². The molecule has 27 heavy (non-hydrogen) atoms. The van der Waals surface area contributed by atoms with Gasteiger partial charge in [-0.2, -0.15) is 0 Å². The van der Waals surface area contributed by atoms with Gasteiger partial charge in [-0.3, -0.25) is 0 Å². The fourth-order valence-corrected chi connectivity index (χ4v) is 2.94. The molecule has 0 radical (unpaired) electrons. The van der Waals surface area contributed by atoms with Gasteiger partial charge in [-0.25, -0.2) is 4.79 Å². The van der Waals surface area contributed by atoms with E-state index in [4.69, 9.17) is 35.3 Å². The number of halogens is 1. The Bertz CT molecular complexity index is 862. The van der Waals surface area contributed by atoms with Gasteiger partial charge in [-0.15, -0.1) is 0 Å². The van der Waals surface area contributed by atoms with Crippen LogP contribution in [0.1, 0.15) is 11.1 Å². The van der Waals surface area contributed by atoms with E-state index in [0.29, 0.717) is 52.4 Å². The largest absolute Gasteiger partial charge is 0.493 e. The summed E-state index contributed by atoms with van der Waals surface area (Å²) in [5, 5.41) is 0.426. The van der Waals surface area contributed by atoms with E-state index >= 15 is 0 Å². The molecule has 7 heteroatoms. The van der Waals surface area contributed by atoms with Crippen molar-refractivity contribution >= 4 is 23.6 Å². The van der Waals surface area contributed by atoms with E-state index in [0.717, 1.165) is 0 Å². The summed E-state index contributed by atoms with van der Waals surface area (Å²) < 4.78 is 26.8. The highest BCUT2D eigenvalue weighted by atomic mass is 35.5. The highest BCUT2D eigenvalue weighted by Gasteiger charge is 2.17. The Balaban J connectivity index is 1.65. The van der Waals surface area contributed by atoms with Gasteiger partial charge in [0.1, 0.15) is 19.8 Å². The molecule has 0 amide bonds. The average Bonchev–Trinajstić information content (AvgIpc) is 2.70. The number of esters is 1. The number of hydrogen-bond donors (Lipinski definition) is 0. The van der Waals surface area contributed by atoms with Crippen molar-refractivity contribution in [3.8, 4) is 23.0 Å². The van der Waals surface area contributed by atoms with Gasteiger partial charge in [0, 0.05) is 11.6 Å². The Morgan fingerprint density at radius 3 is 2.78 bits per heavy atom. The molecule has 0 aliphatic carbocycles. The summed E-state index contributed by atoms with van der Waals surface area (Å²) in [7, 11) is 3.09. The molecule has 1 aliphatic rings. The molecule has 0 unspecified atom stereocenters. The van der Waals surface area contributed by atoms with Crippen molar-refractivity contribution in [1.29, 1.82) is 0 Å². The minimum atomic E-state index is -0.495. The molecule has 0 bridgehead atoms. The number of ether oxygens (including phenoxy) is 5. The zero-order valence-electron chi connectivity index (χ0n) is 15.0. The number of methoxy groups -OCH3 is 2. The molecule has 3 rings (SSSR count). The second-order valence-electron chi connectivity index (χ2n) is 5.63. The molecular weight excluding hydrogens is 372 g/mol. The van der Waals surface area contributed by atoms with E-state index in [1.807, 2.05) is 12.1 Å². The number of hydrogen-bond acceptors (Lipinski definition) is 6. The van der Waals surface area contributed by atoms with Crippen LogP contribution in [-0.4, -0.2) is 33.4 Å². The number of para-hydroxylation sites is 1. The fraction of sp³-hybridized carbons (Fsp3) is 0.250. The Hall–Kier alpha value is -2.86. The van der Waals surface area contributed by atoms with E-state index in [-0.39, 0.29) is 6.61 Å². The third-order valence-corrected chi connectivity index (χ3v) is 4.15. The maximum absolute atomic E-state index is 12.0. The van der Waals surface area contributed by atoms with Crippen LogP contribution < -0.4 is 18.9 Å². The molecule has 6 nitrogen and oxygen atoms in total. The summed E-state index contributed by atoms with van der Waals surface area (Å²) in [6, 6.07) is 8.84. The minimum absolute atomic E-state index is 0.0643. The first-order chi connectivity index (χ1) is 13.1. The van der Waals surface area contributed by atoms with Crippen LogP contribution in [0.25, 0.3) is 6.08 Å². The summed E-state index contributed by atoms with van der Waals surface area (Å²) in [5.41, 5.74) is 1.42. The second kappa shape index (κ2) is 8.68. The van der Waals surface area contributed by atoms with Crippen molar-refractivity contribution in [3.63, 3.8) is 0 Å². The van der Waals surface area contributed by atoms with Crippen molar-refractivity contribution in [3.05, 3.63) is 52.6 Å². The first kappa shape index (κ1) is 18.9. The number of benzene rings is 2. The highest BCUT2D eigenvalue weighted by Crippen LogP contribution is 2.38. The van der Waals surface area contributed by atoms with Gasteiger partial charge in [0.05, 0.1) is 19.2 Å². The van der Waals surface area contributed by atoms with E-state index in [2.05, 4.69) is 0 Å². The Kier molecular flexibility index (Phi) is 6.08. The van der Waals surface area contributed by atoms with Crippen LogP contribution in [0.15, 0.2) is 36.4 Å². The lowest BCUT2D eigenvalue weighted by Crippen LogP contribution is -2.16. The number of rotatable bonds is 6. The molecule has 0 fully saturated rings. The maximum Gasteiger partial charge on any atom is 0.331 e. The van der Waals surface area contributed by atoms with Gasteiger partial charge < -0.3 is 23.7 Å². The average molecular weight is 391 g/mol. The summed E-state index contributed by atoms with van der Waals surface area (Å²) in [4.78, 5) is 12.0. The van der Waals surface area contributed by atoms with Crippen molar-refractivity contribution in [2.75, 3.05) is 27.4 Å². The Morgan fingerprint density at radius 1 is 1.19 bits per heavy atom. The highest BCUT2D eigenvalue weighted by molar-refractivity contribution is 6.32. The third-order valence-electron chi connectivity index (χ3n) is 3.87. The quantitative estimate of drug-likeness (QED) is 0.551. The van der Waals surface area contributed by atoms with Crippen molar-refractivity contribution in [2.24, 2.45) is 0 Å². The molecule has 0 N–H and O–H groups in total. The zero-order valence-corrected chi connectivity index (χ0v) is 15.7. The number of carbonyl (C=O) groups is 1. The van der Waals surface area contributed by atoms with Crippen molar-refractivity contribution in [1.82, 2.24) is 0 Å². The lowest BCUT2D eigenvalue weighted by Gasteiger charge is -2.20. The topological polar surface area (TPSA) is 63.2 Å². The molecule has 1 heterocycles. The molecule has 1 aliphatic heterocycles. The minimum Gasteiger partial charge on any atom is -0.493 e. The molecule has 0 saturated heterocycles. The van der Waals surface area contributed by atoms with Crippen LogP contribution in [0.5, 0.6) is 23.0 Å². The SMILES string of the molecule is COc1cccc(/C=C/C(=O)OCc2cc(Cl)c3c(c2)OCCO3)c1OC. The molecular formula is C20H19ClO6. The number of carbonyl (C=O) groups excluding carboxylic acids is 1. The van der Waals surface area contributed by atoms with Gasteiger partial charge >= 0.3 is 5.97 Å². The lowest BCUT2D eigenvalue weighted by molar-refractivity contribution is -0.138. The summed E-state index contributed by atoms with van der Waals surface area (Å²) in [6.07, 6.45) is 2.94. The monoisotopic (exact) mass is 390 g/mol. The fourth-order valence-electron chi connectivity index (χ4n) is 2.65. The van der Waals surface area contributed by atoms with Crippen LogP contribution in [0.4, 0.5) is 0 Å². The van der Waals surface area contributed by atoms with Gasteiger partial charge in [0.25, 0.3) is 0 Å².